The predicted molar refractivity (Wildman–Crippen MR) is 120 cm³/mol. The van der Waals surface area contributed by atoms with Gasteiger partial charge in [0, 0.05) is 13.1 Å². The number of nitrogens with zero attached hydrogens (tertiary/aromatic N) is 2. The van der Waals surface area contributed by atoms with Gasteiger partial charge in [-0.25, -0.2) is 8.42 Å². The fourth-order valence-electron chi connectivity index (χ4n) is 4.81. The normalized spacial score (nSPS) is 21.5. The van der Waals surface area contributed by atoms with E-state index in [0.717, 1.165) is 29.8 Å². The average Bonchev–Trinajstić information content (AvgIpc) is 3.20. The number of methoxy groups -OCH3 is 1. The van der Waals surface area contributed by atoms with Crippen LogP contribution in [0.2, 0.25) is 0 Å². The first-order chi connectivity index (χ1) is 15.0. The van der Waals surface area contributed by atoms with Crippen molar-refractivity contribution in [1.29, 1.82) is 0 Å². The third-order valence-corrected chi connectivity index (χ3v) is 8.27. The molecular formula is C25H26N2O3S. The summed E-state index contributed by atoms with van der Waals surface area (Å²) >= 11 is 0. The second kappa shape index (κ2) is 7.79. The molecule has 0 bridgehead atoms. The third-order valence-electron chi connectivity index (χ3n) is 6.44. The lowest BCUT2D eigenvalue weighted by atomic mass is 9.93. The third kappa shape index (κ3) is 3.45. The molecule has 2 atom stereocenters. The highest BCUT2D eigenvalue weighted by Gasteiger charge is 2.48. The van der Waals surface area contributed by atoms with E-state index in [1.54, 1.807) is 23.5 Å². The van der Waals surface area contributed by atoms with Crippen molar-refractivity contribution in [3.8, 4) is 5.75 Å². The zero-order chi connectivity index (χ0) is 21.6. The van der Waals surface area contributed by atoms with Gasteiger partial charge in [0.15, 0.2) is 0 Å². The molecule has 3 aromatic rings. The highest BCUT2D eigenvalue weighted by atomic mass is 32.2. The summed E-state index contributed by atoms with van der Waals surface area (Å²) in [5.41, 5.74) is 4.54. The van der Waals surface area contributed by atoms with Gasteiger partial charge in [-0.1, -0.05) is 54.1 Å². The van der Waals surface area contributed by atoms with E-state index in [1.165, 1.54) is 11.1 Å². The van der Waals surface area contributed by atoms with E-state index in [-0.39, 0.29) is 12.2 Å². The maximum atomic E-state index is 13.8. The largest absolute Gasteiger partial charge is 0.497 e. The van der Waals surface area contributed by atoms with Crippen molar-refractivity contribution in [3.63, 3.8) is 0 Å². The van der Waals surface area contributed by atoms with Gasteiger partial charge in [0.25, 0.3) is 0 Å². The van der Waals surface area contributed by atoms with Crippen LogP contribution >= 0.6 is 0 Å². The standard InChI is InChI=1S/C25H26N2O3S/c1-18-7-13-22(14-8-18)31(28,29)27-17-24-23-6-4-3-5-19(23)15-16-26(24)25(27)20-9-11-21(30-2)12-10-20/h3-14,24-25H,15-17H2,1-2H3/t24-,25+/m0/s1. The van der Waals surface area contributed by atoms with Crippen LogP contribution in [0.4, 0.5) is 0 Å². The Balaban J connectivity index is 1.61. The number of hydrogen-bond acceptors (Lipinski definition) is 4. The molecule has 0 aliphatic carbocycles. The van der Waals surface area contributed by atoms with Crippen LogP contribution in [0.1, 0.15) is 34.5 Å². The molecule has 31 heavy (non-hydrogen) atoms. The minimum absolute atomic E-state index is 0.0391. The molecule has 160 valence electrons. The molecule has 2 aliphatic rings. The van der Waals surface area contributed by atoms with E-state index in [9.17, 15) is 8.42 Å². The molecule has 0 aromatic heterocycles. The summed E-state index contributed by atoms with van der Waals surface area (Å²) in [6, 6.07) is 23.3. The first-order valence-corrected chi connectivity index (χ1v) is 12.0. The second-order valence-corrected chi connectivity index (χ2v) is 10.1. The van der Waals surface area contributed by atoms with Crippen molar-refractivity contribution in [2.75, 3.05) is 20.2 Å². The number of fused-ring (bicyclic) bond motifs is 3. The summed E-state index contributed by atoms with van der Waals surface area (Å²) in [6.45, 7) is 3.21. The lowest BCUT2D eigenvalue weighted by Gasteiger charge is -2.35. The van der Waals surface area contributed by atoms with Crippen LogP contribution in [0.25, 0.3) is 0 Å². The van der Waals surface area contributed by atoms with Gasteiger partial charge in [-0.05, 0) is 54.3 Å². The van der Waals surface area contributed by atoms with Gasteiger partial charge in [0.2, 0.25) is 10.0 Å². The molecule has 0 spiro atoms. The number of ether oxygens (including phenoxy) is 1. The van der Waals surface area contributed by atoms with Crippen molar-refractivity contribution < 1.29 is 13.2 Å². The van der Waals surface area contributed by atoms with Crippen LogP contribution in [0, 0.1) is 6.92 Å². The number of benzene rings is 3. The Kier molecular flexibility index (Phi) is 5.08. The molecule has 0 saturated carbocycles. The van der Waals surface area contributed by atoms with Gasteiger partial charge in [0.05, 0.1) is 18.0 Å². The van der Waals surface area contributed by atoms with Crippen LogP contribution in [-0.4, -0.2) is 37.8 Å². The van der Waals surface area contributed by atoms with Crippen molar-refractivity contribution in [2.45, 2.75) is 30.4 Å². The molecule has 6 heteroatoms. The minimum Gasteiger partial charge on any atom is -0.497 e. The molecule has 0 radical (unpaired) electrons. The molecule has 1 saturated heterocycles. The molecule has 2 heterocycles. The molecule has 0 amide bonds. The maximum absolute atomic E-state index is 13.8. The van der Waals surface area contributed by atoms with Crippen molar-refractivity contribution in [2.24, 2.45) is 0 Å². The first kappa shape index (κ1) is 20.2. The van der Waals surface area contributed by atoms with Crippen LogP contribution in [-0.2, 0) is 16.4 Å². The van der Waals surface area contributed by atoms with Gasteiger partial charge in [-0.3, -0.25) is 4.90 Å². The van der Waals surface area contributed by atoms with Crippen LogP contribution in [0.3, 0.4) is 0 Å². The van der Waals surface area contributed by atoms with Crippen LogP contribution in [0.15, 0.2) is 77.7 Å². The monoisotopic (exact) mass is 434 g/mol. The van der Waals surface area contributed by atoms with Gasteiger partial charge < -0.3 is 4.74 Å². The fourth-order valence-corrected chi connectivity index (χ4v) is 6.41. The summed E-state index contributed by atoms with van der Waals surface area (Å²) in [6.07, 6.45) is 0.563. The number of rotatable bonds is 4. The summed E-state index contributed by atoms with van der Waals surface area (Å²) in [5, 5.41) is 0. The highest BCUT2D eigenvalue weighted by molar-refractivity contribution is 7.89. The summed E-state index contributed by atoms with van der Waals surface area (Å²) in [4.78, 5) is 2.67. The minimum atomic E-state index is -3.67. The SMILES string of the molecule is COc1ccc([C@@H]2N3CCc4ccccc4[C@@H]3CN2S(=O)(=O)c2ccc(C)cc2)cc1. The first-order valence-electron chi connectivity index (χ1n) is 10.5. The van der Waals surface area contributed by atoms with E-state index >= 15 is 0 Å². The summed E-state index contributed by atoms with van der Waals surface area (Å²) < 4.78 is 34.6. The summed E-state index contributed by atoms with van der Waals surface area (Å²) in [7, 11) is -2.03. The topological polar surface area (TPSA) is 49.9 Å². The molecule has 5 nitrogen and oxygen atoms in total. The maximum Gasteiger partial charge on any atom is 0.244 e. The van der Waals surface area contributed by atoms with Gasteiger partial charge in [-0.2, -0.15) is 4.31 Å². The predicted octanol–water partition coefficient (Wildman–Crippen LogP) is 4.31. The van der Waals surface area contributed by atoms with Crippen LogP contribution < -0.4 is 4.74 Å². The average molecular weight is 435 g/mol. The van der Waals surface area contributed by atoms with Crippen molar-refractivity contribution in [1.82, 2.24) is 9.21 Å². The molecular weight excluding hydrogens is 408 g/mol. The van der Waals surface area contributed by atoms with Crippen molar-refractivity contribution in [3.05, 3.63) is 95.1 Å². The highest BCUT2D eigenvalue weighted by Crippen LogP contribution is 2.46. The quantitative estimate of drug-likeness (QED) is 0.614. The Morgan fingerprint density at radius 3 is 2.35 bits per heavy atom. The fraction of sp³-hybridized carbons (Fsp3) is 0.280. The Bertz CT molecular complexity index is 1190. The van der Waals surface area contributed by atoms with E-state index < -0.39 is 10.0 Å². The van der Waals surface area contributed by atoms with E-state index in [1.807, 2.05) is 49.4 Å². The van der Waals surface area contributed by atoms with Gasteiger partial charge in [0.1, 0.15) is 11.9 Å². The lowest BCUT2D eigenvalue weighted by Crippen LogP contribution is -2.37. The van der Waals surface area contributed by atoms with E-state index in [2.05, 4.69) is 23.1 Å². The molecule has 1 fully saturated rings. The lowest BCUT2D eigenvalue weighted by molar-refractivity contribution is 0.154. The number of aryl methyl sites for hydroxylation is 1. The number of hydrogen-bond donors (Lipinski definition) is 0. The summed E-state index contributed by atoms with van der Waals surface area (Å²) in [5.74, 6) is 0.759. The van der Waals surface area contributed by atoms with Crippen LogP contribution in [0.5, 0.6) is 5.75 Å². The Morgan fingerprint density at radius 1 is 0.935 bits per heavy atom. The Morgan fingerprint density at radius 2 is 1.65 bits per heavy atom. The molecule has 0 unspecified atom stereocenters. The Hall–Kier alpha value is -2.67. The van der Waals surface area contributed by atoms with Crippen molar-refractivity contribution >= 4 is 10.0 Å². The Labute approximate surface area is 183 Å². The van der Waals surface area contributed by atoms with Gasteiger partial charge in [-0.15, -0.1) is 0 Å². The zero-order valence-corrected chi connectivity index (χ0v) is 18.5. The zero-order valence-electron chi connectivity index (χ0n) is 17.7. The van der Waals surface area contributed by atoms with E-state index in [4.69, 9.17) is 4.74 Å². The van der Waals surface area contributed by atoms with E-state index in [0.29, 0.717) is 11.4 Å². The second-order valence-electron chi connectivity index (χ2n) is 8.24. The molecule has 3 aromatic carbocycles. The molecule has 5 rings (SSSR count). The molecule has 0 N–H and O–H groups in total. The van der Waals surface area contributed by atoms with Gasteiger partial charge >= 0.3 is 0 Å². The number of sulfonamides is 1. The molecule has 2 aliphatic heterocycles. The smallest absolute Gasteiger partial charge is 0.244 e.